The zero-order valence-corrected chi connectivity index (χ0v) is 71.0. The predicted octanol–water partition coefficient (Wildman–Crippen LogP) is 0.528. The largest absolute Gasteiger partial charge is 0.508 e. The molecule has 18 atom stereocenters. The van der Waals surface area contributed by atoms with E-state index in [1.54, 1.807) is 26.1 Å². The number of hydrogen-bond donors (Lipinski definition) is 21. The van der Waals surface area contributed by atoms with E-state index in [-0.39, 0.29) is 65.8 Å². The summed E-state index contributed by atoms with van der Waals surface area (Å²) in [5.74, 6) is -19.1. The van der Waals surface area contributed by atoms with Gasteiger partial charge in [0.2, 0.25) is 59.3 Å². The molecular formula is C83H89Cl3FN15O27. The first-order valence-corrected chi connectivity index (χ1v) is 41.0. The van der Waals surface area contributed by atoms with Crippen molar-refractivity contribution >= 4 is 99.7 Å². The summed E-state index contributed by atoms with van der Waals surface area (Å²) in [6.45, 7) is 4.37. The van der Waals surface area contributed by atoms with E-state index in [4.69, 9.17) is 79.1 Å². The molecule has 7 aromatic rings. The maximum atomic E-state index is 16.4. The van der Waals surface area contributed by atoms with Gasteiger partial charge in [-0.1, -0.05) is 72.9 Å². The third kappa shape index (κ3) is 22.1. The minimum Gasteiger partial charge on any atom is -0.508 e. The minimum atomic E-state index is -2.44. The van der Waals surface area contributed by atoms with Gasteiger partial charge in [0.1, 0.15) is 107 Å². The molecular weight excluding hydrogens is 1760 g/mol. The van der Waals surface area contributed by atoms with Crippen LogP contribution in [0.15, 0.2) is 114 Å². The van der Waals surface area contributed by atoms with Crippen LogP contribution in [-0.2, 0) is 80.0 Å². The number of carbonyl (C=O) groups excluding carboxylic acids is 10. The number of aliphatic hydroxyl groups excluding tert-OH is 6. The molecule has 0 radical (unpaired) electrons. The topological polar surface area (TPSA) is 634 Å². The van der Waals surface area contributed by atoms with Gasteiger partial charge in [0.05, 0.1) is 52.8 Å². The van der Waals surface area contributed by atoms with Crippen LogP contribution in [0.4, 0.5) is 10.2 Å². The van der Waals surface area contributed by atoms with Crippen molar-refractivity contribution in [1.82, 2.24) is 62.9 Å². The Morgan fingerprint density at radius 1 is 0.736 bits per heavy atom. The second-order valence-corrected chi connectivity index (χ2v) is 32.6. The minimum absolute atomic E-state index is 0.0776. The number of nitrogens with two attached hydrogens (primary N) is 1. The first-order chi connectivity index (χ1) is 61.2. The maximum Gasteiger partial charge on any atom is 0.349 e. The monoisotopic (exact) mass is 1850 g/mol. The molecule has 6 aromatic carbocycles. The summed E-state index contributed by atoms with van der Waals surface area (Å²) in [6.07, 6.45) is -17.6. The number of nitrogens with zero attached hydrogens (tertiary/aromatic N) is 3. The lowest BCUT2D eigenvalue weighted by Crippen LogP contribution is -2.65. The van der Waals surface area contributed by atoms with Crippen molar-refractivity contribution in [2.75, 3.05) is 32.1 Å². The van der Waals surface area contributed by atoms with Crippen molar-refractivity contribution in [3.8, 4) is 63.3 Å². The second-order valence-electron chi connectivity index (χ2n) is 31.4. The number of rotatable bonds is 23. The summed E-state index contributed by atoms with van der Waals surface area (Å²) >= 11 is 20.1. The van der Waals surface area contributed by atoms with Crippen molar-refractivity contribution < 1.29 is 132 Å². The lowest BCUT2D eigenvalue weighted by atomic mass is 9.85. The van der Waals surface area contributed by atoms with Crippen LogP contribution in [0.1, 0.15) is 111 Å². The molecule has 46 heteroatoms. The van der Waals surface area contributed by atoms with Gasteiger partial charge in [0, 0.05) is 48.4 Å². The van der Waals surface area contributed by atoms with Crippen LogP contribution in [-0.4, -0.2) is 220 Å². The number of hydroxylamine groups is 1. The standard InChI is InChI=1S/C83H89Cl3FN15O27/c1-33(2)18-47(90-5)74(115)99-65-67(110)37-8-12-51(44(85)22-37)125-53-24-39-25-54(71(53)129-81-72(70(113)69(112)55(30-103)127-81)128-60-29-83(4,73(114)34(3)124-60)92-15-17-102-16-14-57(95-82(102)122)94-58(108)20-35-6-10-43(84)46(87)19-35)126-52-13-9-38(23-45(52)86)68(111)66-79(120)98-64(80(121)101-123-31-59(109)91-32-88)42-26-40(104)27-50(106)61(42)41-21-36(7-11-49(41)105)62(76(117)100-66)97-77(118)63(39)96-75(116)48(28-56(89)107)93-78(65)119/h6-14,16,19,21-27,33-34,47-48,55,60,62-70,72-73,81,90,92,103-106,110-114H,15,17-18,20,28-31H2,1-5H3,(H2,89,107)(H,91,109)(H,93,119)(H,96,116)(H,97,118)(H,98,120)(H,99,115)(H,100,117)(H,101,121)(H,94,95,108,122). The van der Waals surface area contributed by atoms with Gasteiger partial charge in [-0.3, -0.25) is 62.7 Å². The number of aromatic nitrogens is 2. The van der Waals surface area contributed by atoms with E-state index in [0.29, 0.717) is 0 Å². The summed E-state index contributed by atoms with van der Waals surface area (Å²) in [7, 11) is 1.45. The Bertz CT molecular complexity index is 5620. The van der Waals surface area contributed by atoms with Crippen molar-refractivity contribution in [2.45, 2.75) is 169 Å². The zero-order chi connectivity index (χ0) is 93.5. The number of primary amides is 1. The summed E-state index contributed by atoms with van der Waals surface area (Å²) in [5, 5.41) is 140. The molecule has 7 aliphatic rings. The predicted molar refractivity (Wildman–Crippen MR) is 446 cm³/mol. The number of halogens is 4. The molecule has 2 saturated heterocycles. The Kier molecular flexibility index (Phi) is 30.3. The zero-order valence-electron chi connectivity index (χ0n) is 68.7. The number of benzene rings is 6. The van der Waals surface area contributed by atoms with E-state index < -0.39 is 283 Å². The van der Waals surface area contributed by atoms with Gasteiger partial charge in [-0.15, -0.1) is 0 Å². The molecule has 18 unspecified atom stereocenters. The van der Waals surface area contributed by atoms with Crippen LogP contribution in [0, 0.1) is 23.2 Å². The number of ether oxygens (including phenoxy) is 6. The number of amides is 10. The number of carbonyl (C=O) groups is 10. The molecule has 14 rings (SSSR count). The molecule has 0 spiro atoms. The van der Waals surface area contributed by atoms with E-state index in [9.17, 15) is 79.1 Å². The SMILES string of the molecule is CNC(CC(C)C)C(=O)NC1C(=O)NC(CC(N)=O)C(=O)NC2C(=O)NC3C(=O)NC(C(=O)NC(C(=O)NOCC(=O)NC#N)c4cc(O)cc(O)c4-c4cc3ccc4O)C(O)c3ccc(c(Cl)c3)Oc3cc2cc(c3OC2OC(CO)C(O)C(O)C2OC2CC(C)(NCCn3ccc(NC(=O)Cc4ccc(Cl)c(F)c4)nc3=O)C(O)C(C)O2)Oc2ccc(cc2Cl)C1O. The third-order valence-electron chi connectivity index (χ3n) is 21.7. The Morgan fingerprint density at radius 3 is 2.03 bits per heavy atom. The smallest absolute Gasteiger partial charge is 0.349 e. The molecule has 22 N–H and O–H groups in total. The molecule has 0 aliphatic carbocycles. The first kappa shape index (κ1) is 95.6. The van der Waals surface area contributed by atoms with Gasteiger partial charge in [-0.25, -0.2) is 14.7 Å². The highest BCUT2D eigenvalue weighted by Crippen LogP contribution is 2.50. The van der Waals surface area contributed by atoms with Crippen LogP contribution in [0.5, 0.6) is 46.0 Å². The highest BCUT2D eigenvalue weighted by Gasteiger charge is 2.52. The Morgan fingerprint density at radius 2 is 1.40 bits per heavy atom. The van der Waals surface area contributed by atoms with Gasteiger partial charge < -0.3 is 128 Å². The van der Waals surface area contributed by atoms with E-state index in [0.717, 1.165) is 78.9 Å². The van der Waals surface area contributed by atoms with Crippen LogP contribution in [0.2, 0.25) is 15.1 Å². The number of hydrogen-bond acceptors (Lipinski definition) is 31. The molecule has 0 saturated carbocycles. The number of phenols is 3. The number of phenolic OH excluding ortho intramolecular Hbond substituents is 3. The fraction of sp³-hybridized carbons (Fsp3) is 0.386. The molecule has 10 amide bonds. The maximum absolute atomic E-state index is 16.4. The Labute approximate surface area is 746 Å². The Hall–Kier alpha value is -12.5. The van der Waals surface area contributed by atoms with E-state index >= 15 is 24.0 Å². The van der Waals surface area contributed by atoms with Crippen molar-refractivity contribution in [3.05, 3.63) is 174 Å². The van der Waals surface area contributed by atoms with Crippen LogP contribution in [0.3, 0.4) is 0 Å². The van der Waals surface area contributed by atoms with E-state index in [1.165, 1.54) is 55.2 Å². The molecule has 7 aliphatic heterocycles. The number of nitriles is 1. The average molecular weight is 1850 g/mol. The van der Waals surface area contributed by atoms with Gasteiger partial charge >= 0.3 is 5.69 Å². The summed E-state index contributed by atoms with van der Waals surface area (Å²) in [4.78, 5) is 168. The van der Waals surface area contributed by atoms with Crippen molar-refractivity contribution in [1.29, 1.82) is 5.26 Å². The highest BCUT2D eigenvalue weighted by atomic mass is 35.5. The third-order valence-corrected chi connectivity index (χ3v) is 22.6. The quantitative estimate of drug-likeness (QED) is 0.0236. The number of likely N-dealkylation sites (N-methyl/N-ethyl adjacent to an activating group) is 1. The van der Waals surface area contributed by atoms with Gasteiger partial charge in [-0.05, 0) is 139 Å². The average Bonchev–Trinajstić information content (AvgIpc) is 0.765. The van der Waals surface area contributed by atoms with Crippen molar-refractivity contribution in [3.63, 3.8) is 0 Å². The normalized spacial score (nSPS) is 25.4. The lowest BCUT2D eigenvalue weighted by molar-refractivity contribution is -0.334. The molecule has 11 bridgehead atoms. The van der Waals surface area contributed by atoms with Gasteiger partial charge in [0.15, 0.2) is 36.7 Å². The molecule has 42 nitrogen and oxygen atoms in total. The van der Waals surface area contributed by atoms with Gasteiger partial charge in [0.25, 0.3) is 11.8 Å². The number of aliphatic hydroxyl groups is 6. The molecule has 1 aromatic heterocycles. The summed E-state index contributed by atoms with van der Waals surface area (Å²) < 4.78 is 54.6. The molecule has 2 fully saturated rings. The molecule has 129 heavy (non-hydrogen) atoms. The summed E-state index contributed by atoms with van der Waals surface area (Å²) in [5.41, 5.74) is 2.52. The number of aromatic hydroxyl groups is 3. The van der Waals surface area contributed by atoms with E-state index in [1.807, 2.05) is 5.48 Å². The van der Waals surface area contributed by atoms with E-state index in [2.05, 4.69) is 52.8 Å². The number of anilines is 1. The Balaban J connectivity index is 0.998. The first-order valence-electron chi connectivity index (χ1n) is 39.8. The van der Waals surface area contributed by atoms with Crippen LogP contribution < -0.4 is 84.3 Å². The van der Waals surface area contributed by atoms with Crippen LogP contribution in [0.25, 0.3) is 11.1 Å². The summed E-state index contributed by atoms with van der Waals surface area (Å²) in [6, 6.07) is 3.56. The molecule has 686 valence electrons. The second kappa shape index (κ2) is 40.9. The number of nitrogens with one attached hydrogen (secondary N) is 11. The van der Waals surface area contributed by atoms with Crippen LogP contribution >= 0.6 is 34.8 Å². The lowest BCUT2D eigenvalue weighted by Gasteiger charge is -2.48. The highest BCUT2D eigenvalue weighted by molar-refractivity contribution is 6.32. The van der Waals surface area contributed by atoms with Gasteiger partial charge in [-0.2, -0.15) is 10.2 Å². The fourth-order valence-electron chi connectivity index (χ4n) is 15.1. The van der Waals surface area contributed by atoms with Crippen molar-refractivity contribution in [2.24, 2.45) is 11.7 Å². The fourth-order valence-corrected chi connectivity index (χ4v) is 15.7. The number of fused-ring (bicyclic) bond motifs is 15. The molecule has 8 heterocycles.